The van der Waals surface area contributed by atoms with Crippen LogP contribution in [0, 0.1) is 5.82 Å². The van der Waals surface area contributed by atoms with Crippen LogP contribution >= 0.6 is 15.9 Å². The Labute approximate surface area is 122 Å². The van der Waals surface area contributed by atoms with Crippen LogP contribution in [0.3, 0.4) is 0 Å². The van der Waals surface area contributed by atoms with Gasteiger partial charge in [0.05, 0.1) is 5.69 Å². The number of rotatable bonds is 5. The monoisotopic (exact) mass is 345 g/mol. The highest BCUT2D eigenvalue weighted by atomic mass is 79.9. The molecule has 0 aliphatic heterocycles. The molecule has 106 valence electrons. The van der Waals surface area contributed by atoms with E-state index in [9.17, 15) is 13.2 Å². The minimum atomic E-state index is -2.83. The largest absolute Gasteiger partial charge is 0.435 e. The van der Waals surface area contributed by atoms with Gasteiger partial charge in [0, 0.05) is 11.0 Å². The Morgan fingerprint density at radius 1 is 1.10 bits per heavy atom. The minimum absolute atomic E-state index is 0.107. The molecule has 0 saturated carbocycles. The van der Waals surface area contributed by atoms with Gasteiger partial charge in [-0.2, -0.15) is 8.78 Å². The van der Waals surface area contributed by atoms with E-state index in [0.29, 0.717) is 12.2 Å². The molecule has 0 spiro atoms. The molecule has 0 aromatic heterocycles. The lowest BCUT2D eigenvalue weighted by Crippen LogP contribution is -2.03. The van der Waals surface area contributed by atoms with Gasteiger partial charge in [-0.15, -0.1) is 0 Å². The first-order valence-corrected chi connectivity index (χ1v) is 6.56. The van der Waals surface area contributed by atoms with E-state index in [4.69, 9.17) is 0 Å². The van der Waals surface area contributed by atoms with Crippen LogP contribution in [0.2, 0.25) is 0 Å². The maximum Gasteiger partial charge on any atom is 0.387 e. The molecule has 2 aromatic rings. The van der Waals surface area contributed by atoms with Gasteiger partial charge in [0.15, 0.2) is 0 Å². The zero-order valence-electron chi connectivity index (χ0n) is 10.2. The number of hydrogen-bond acceptors (Lipinski definition) is 2. The van der Waals surface area contributed by atoms with Crippen LogP contribution in [0.15, 0.2) is 46.9 Å². The summed E-state index contributed by atoms with van der Waals surface area (Å²) in [6.45, 7) is -2.39. The van der Waals surface area contributed by atoms with Gasteiger partial charge in [-0.3, -0.25) is 0 Å². The van der Waals surface area contributed by atoms with E-state index in [1.54, 1.807) is 18.2 Å². The number of hydrogen-bond donors (Lipinski definition) is 1. The van der Waals surface area contributed by atoms with Gasteiger partial charge in [0.25, 0.3) is 0 Å². The highest BCUT2D eigenvalue weighted by Gasteiger charge is 2.04. The maximum atomic E-state index is 13.1. The van der Waals surface area contributed by atoms with Gasteiger partial charge in [-0.05, 0) is 51.8 Å². The van der Waals surface area contributed by atoms with E-state index in [0.717, 1.165) is 10.0 Å². The average Bonchev–Trinajstić information content (AvgIpc) is 2.41. The van der Waals surface area contributed by atoms with Crippen molar-refractivity contribution >= 4 is 21.6 Å². The Kier molecular flexibility index (Phi) is 4.89. The third kappa shape index (κ3) is 4.16. The molecule has 2 rings (SSSR count). The lowest BCUT2D eigenvalue weighted by Gasteiger charge is -2.10. The molecule has 2 aromatic carbocycles. The van der Waals surface area contributed by atoms with Crippen LogP contribution in [0.1, 0.15) is 5.56 Å². The van der Waals surface area contributed by atoms with E-state index < -0.39 is 6.61 Å². The molecule has 0 heterocycles. The van der Waals surface area contributed by atoms with Crippen molar-refractivity contribution in [2.45, 2.75) is 13.2 Å². The zero-order chi connectivity index (χ0) is 14.5. The molecule has 0 aliphatic carbocycles. The normalized spacial score (nSPS) is 10.7. The summed E-state index contributed by atoms with van der Waals surface area (Å²) in [5, 5.41) is 3.05. The number of nitrogens with one attached hydrogen (secondary N) is 1. The van der Waals surface area contributed by atoms with E-state index >= 15 is 0 Å². The highest BCUT2D eigenvalue weighted by molar-refractivity contribution is 9.10. The van der Waals surface area contributed by atoms with Crippen LogP contribution in [0.4, 0.5) is 18.9 Å². The lowest BCUT2D eigenvalue weighted by atomic mass is 10.2. The van der Waals surface area contributed by atoms with Gasteiger partial charge in [0.1, 0.15) is 11.6 Å². The fourth-order valence-corrected chi connectivity index (χ4v) is 2.01. The first kappa shape index (κ1) is 14.7. The molecule has 0 saturated heterocycles. The summed E-state index contributed by atoms with van der Waals surface area (Å²) in [6.07, 6.45) is 0. The smallest absolute Gasteiger partial charge is 0.387 e. The molecule has 0 aliphatic rings. The van der Waals surface area contributed by atoms with Gasteiger partial charge in [-0.1, -0.05) is 12.1 Å². The van der Waals surface area contributed by atoms with Gasteiger partial charge in [0.2, 0.25) is 0 Å². The molecule has 0 amide bonds. The average molecular weight is 346 g/mol. The van der Waals surface area contributed by atoms with Crippen molar-refractivity contribution in [3.8, 4) is 5.75 Å². The van der Waals surface area contributed by atoms with Crippen LogP contribution in [-0.2, 0) is 6.54 Å². The van der Waals surface area contributed by atoms with Crippen LogP contribution in [0.25, 0.3) is 0 Å². The molecule has 0 atom stereocenters. The molecule has 1 N–H and O–H groups in total. The second kappa shape index (κ2) is 6.65. The Balaban J connectivity index is 1.98. The van der Waals surface area contributed by atoms with Crippen molar-refractivity contribution in [1.82, 2.24) is 0 Å². The van der Waals surface area contributed by atoms with Gasteiger partial charge in [-0.25, -0.2) is 4.39 Å². The van der Waals surface area contributed by atoms with Gasteiger partial charge < -0.3 is 10.1 Å². The number of halogens is 4. The van der Waals surface area contributed by atoms with Crippen LogP contribution < -0.4 is 10.1 Å². The van der Waals surface area contributed by atoms with Crippen molar-refractivity contribution < 1.29 is 17.9 Å². The predicted octanol–water partition coefficient (Wildman–Crippen LogP) is 4.80. The molecule has 0 fully saturated rings. The quantitative estimate of drug-likeness (QED) is 0.840. The first-order chi connectivity index (χ1) is 9.54. The molecule has 20 heavy (non-hydrogen) atoms. The fourth-order valence-electron chi connectivity index (χ4n) is 1.62. The van der Waals surface area contributed by atoms with Crippen LogP contribution in [-0.4, -0.2) is 6.61 Å². The van der Waals surface area contributed by atoms with E-state index in [1.807, 2.05) is 0 Å². The molecule has 0 bridgehead atoms. The van der Waals surface area contributed by atoms with E-state index in [2.05, 4.69) is 26.0 Å². The Morgan fingerprint density at radius 3 is 2.45 bits per heavy atom. The lowest BCUT2D eigenvalue weighted by molar-refractivity contribution is -0.0498. The summed E-state index contributed by atoms with van der Waals surface area (Å²) >= 11 is 3.31. The predicted molar refractivity (Wildman–Crippen MR) is 74.5 cm³/mol. The van der Waals surface area contributed by atoms with Gasteiger partial charge >= 0.3 is 6.61 Å². The second-order valence-corrected chi connectivity index (χ2v) is 4.85. The van der Waals surface area contributed by atoms with E-state index in [1.165, 1.54) is 24.3 Å². The number of ether oxygens (including phenoxy) is 1. The number of anilines is 1. The molecule has 6 heteroatoms. The Morgan fingerprint density at radius 2 is 1.80 bits per heavy atom. The highest BCUT2D eigenvalue weighted by Crippen LogP contribution is 2.24. The standard InChI is InChI=1S/C14H11BrF3NO/c15-12-6-3-10(16)7-13(12)19-8-9-1-4-11(5-2-9)20-14(17)18/h1-7,14,19H,8H2. The van der Waals surface area contributed by atoms with Crippen molar-refractivity contribution in [2.24, 2.45) is 0 Å². The third-order valence-electron chi connectivity index (χ3n) is 2.56. The first-order valence-electron chi connectivity index (χ1n) is 5.77. The molecular weight excluding hydrogens is 335 g/mol. The Hall–Kier alpha value is -1.69. The van der Waals surface area contributed by atoms with Crippen molar-refractivity contribution in [3.63, 3.8) is 0 Å². The maximum absolute atomic E-state index is 13.1. The molecular formula is C14H11BrF3NO. The SMILES string of the molecule is Fc1ccc(Br)c(NCc2ccc(OC(F)F)cc2)c1. The van der Waals surface area contributed by atoms with Crippen molar-refractivity contribution in [2.75, 3.05) is 5.32 Å². The Bertz CT molecular complexity index is 575. The summed E-state index contributed by atoms with van der Waals surface area (Å²) in [7, 11) is 0. The van der Waals surface area contributed by atoms with E-state index in [-0.39, 0.29) is 11.6 Å². The summed E-state index contributed by atoms with van der Waals surface area (Å²) in [6, 6.07) is 10.6. The number of alkyl halides is 2. The van der Waals surface area contributed by atoms with Crippen LogP contribution in [0.5, 0.6) is 5.75 Å². The topological polar surface area (TPSA) is 21.3 Å². The summed E-state index contributed by atoms with van der Waals surface area (Å²) in [4.78, 5) is 0. The second-order valence-electron chi connectivity index (χ2n) is 4.00. The van der Waals surface area contributed by atoms with Crippen molar-refractivity contribution in [1.29, 1.82) is 0 Å². The number of benzene rings is 2. The summed E-state index contributed by atoms with van der Waals surface area (Å²) in [5.41, 5.74) is 1.49. The summed E-state index contributed by atoms with van der Waals surface area (Å²) < 4.78 is 42.1. The molecule has 0 unspecified atom stereocenters. The summed E-state index contributed by atoms with van der Waals surface area (Å²) in [5.74, 6) is -0.230. The molecule has 2 nitrogen and oxygen atoms in total. The zero-order valence-corrected chi connectivity index (χ0v) is 11.8. The third-order valence-corrected chi connectivity index (χ3v) is 3.25. The minimum Gasteiger partial charge on any atom is -0.435 e. The molecule has 0 radical (unpaired) electrons. The van der Waals surface area contributed by atoms with Crippen molar-refractivity contribution in [3.05, 3.63) is 58.3 Å². The fraction of sp³-hybridized carbons (Fsp3) is 0.143.